The van der Waals surface area contributed by atoms with Gasteiger partial charge in [0, 0.05) is 5.56 Å². The quantitative estimate of drug-likeness (QED) is 0.563. The van der Waals surface area contributed by atoms with Gasteiger partial charge >= 0.3 is 0 Å². The van der Waals surface area contributed by atoms with Crippen LogP contribution in [0.2, 0.25) is 0 Å². The molecule has 0 aliphatic heterocycles. The lowest BCUT2D eigenvalue weighted by Crippen LogP contribution is -2.28. The molecule has 0 fully saturated rings. The minimum Gasteiger partial charge on any atom is -0.345 e. The van der Waals surface area contributed by atoms with Crippen LogP contribution < -0.4 is 10.0 Å². The van der Waals surface area contributed by atoms with Crippen LogP contribution in [0, 0.1) is 13.8 Å². The normalized spacial score (nSPS) is 12.2. The van der Waals surface area contributed by atoms with E-state index in [1.807, 2.05) is 44.2 Å². The second-order valence-electron chi connectivity index (χ2n) is 7.29. The summed E-state index contributed by atoms with van der Waals surface area (Å²) in [5.74, 6) is -0.193. The van der Waals surface area contributed by atoms with Crippen LogP contribution in [0.4, 0.5) is 5.69 Å². The van der Waals surface area contributed by atoms with Crippen LogP contribution in [0.25, 0.3) is 0 Å². The van der Waals surface area contributed by atoms with Crippen molar-refractivity contribution in [3.8, 4) is 0 Å². The predicted molar refractivity (Wildman–Crippen MR) is 120 cm³/mol. The number of anilines is 1. The molecule has 2 N–H and O–H groups in total. The smallest absolute Gasteiger partial charge is 0.261 e. The number of sulfonamides is 1. The second-order valence-corrected chi connectivity index (χ2v) is 8.98. The molecule has 1 atom stereocenters. The Hall–Kier alpha value is -3.12. The van der Waals surface area contributed by atoms with Gasteiger partial charge in [-0.1, -0.05) is 55.0 Å². The number of benzene rings is 3. The van der Waals surface area contributed by atoms with Crippen LogP contribution in [-0.4, -0.2) is 14.3 Å². The number of carbonyl (C=O) groups is 1. The van der Waals surface area contributed by atoms with E-state index < -0.39 is 10.0 Å². The van der Waals surface area contributed by atoms with Crippen LogP contribution in [0.5, 0.6) is 0 Å². The Morgan fingerprint density at radius 3 is 2.20 bits per heavy atom. The standard InChI is InChI=1S/C24H26N2O3S/c1-4-22(19-8-6-5-7-9-19)25-24(27)20-12-15-23(18(3)16-20)26-30(28,29)21-13-10-17(2)11-14-21/h5-16,22,26H,4H2,1-3H3,(H,25,27)/t22-/m1/s1. The van der Waals surface area contributed by atoms with Crippen LogP contribution in [0.1, 0.15) is 46.4 Å². The highest BCUT2D eigenvalue weighted by Gasteiger charge is 2.17. The van der Waals surface area contributed by atoms with Crippen molar-refractivity contribution in [2.24, 2.45) is 0 Å². The first-order valence-electron chi connectivity index (χ1n) is 9.86. The molecule has 0 aliphatic carbocycles. The number of nitrogens with one attached hydrogen (secondary N) is 2. The molecule has 3 aromatic carbocycles. The fourth-order valence-corrected chi connectivity index (χ4v) is 4.32. The highest BCUT2D eigenvalue weighted by molar-refractivity contribution is 7.92. The summed E-state index contributed by atoms with van der Waals surface area (Å²) in [5.41, 5.74) is 3.64. The van der Waals surface area contributed by atoms with Gasteiger partial charge in [0.05, 0.1) is 16.6 Å². The summed E-state index contributed by atoms with van der Waals surface area (Å²) in [5, 5.41) is 3.05. The van der Waals surface area contributed by atoms with Gasteiger partial charge in [-0.3, -0.25) is 9.52 Å². The third-order valence-electron chi connectivity index (χ3n) is 4.98. The average Bonchev–Trinajstić information content (AvgIpc) is 2.74. The summed E-state index contributed by atoms with van der Waals surface area (Å²) < 4.78 is 27.9. The predicted octanol–water partition coefficient (Wildman–Crippen LogP) is 4.99. The summed E-state index contributed by atoms with van der Waals surface area (Å²) in [6.45, 7) is 5.70. The number of rotatable bonds is 7. The molecule has 0 unspecified atom stereocenters. The summed E-state index contributed by atoms with van der Waals surface area (Å²) in [6.07, 6.45) is 0.767. The zero-order chi connectivity index (χ0) is 21.7. The molecule has 156 valence electrons. The van der Waals surface area contributed by atoms with Crippen molar-refractivity contribution in [3.63, 3.8) is 0 Å². The lowest BCUT2D eigenvalue weighted by Gasteiger charge is -2.18. The molecule has 3 aromatic rings. The molecule has 0 saturated carbocycles. The van der Waals surface area contributed by atoms with E-state index in [-0.39, 0.29) is 16.8 Å². The second kappa shape index (κ2) is 9.13. The van der Waals surface area contributed by atoms with Crippen LogP contribution >= 0.6 is 0 Å². The molecule has 5 nitrogen and oxygen atoms in total. The molecule has 0 bridgehead atoms. The summed E-state index contributed by atoms with van der Waals surface area (Å²) in [6, 6.07) is 21.3. The fraction of sp³-hybridized carbons (Fsp3) is 0.208. The maximum Gasteiger partial charge on any atom is 0.261 e. The first-order valence-corrected chi connectivity index (χ1v) is 11.3. The average molecular weight is 423 g/mol. The first kappa shape index (κ1) is 21.6. The molecule has 0 saturated heterocycles. The van der Waals surface area contributed by atoms with Gasteiger partial charge in [-0.2, -0.15) is 0 Å². The SMILES string of the molecule is CC[C@@H](NC(=O)c1ccc(NS(=O)(=O)c2ccc(C)cc2)c(C)c1)c1ccccc1. The minimum absolute atomic E-state index is 0.0845. The van der Waals surface area contributed by atoms with E-state index in [9.17, 15) is 13.2 Å². The number of hydrogen-bond donors (Lipinski definition) is 2. The van der Waals surface area contributed by atoms with Gasteiger partial charge in [0.2, 0.25) is 0 Å². The van der Waals surface area contributed by atoms with Gasteiger partial charge in [-0.15, -0.1) is 0 Å². The Labute approximate surface area is 178 Å². The minimum atomic E-state index is -3.70. The zero-order valence-corrected chi connectivity index (χ0v) is 18.2. The molecule has 0 spiro atoms. The van der Waals surface area contributed by atoms with Gasteiger partial charge in [-0.05, 0) is 61.7 Å². The van der Waals surface area contributed by atoms with E-state index in [2.05, 4.69) is 10.0 Å². The Bertz CT molecular complexity index is 1120. The summed E-state index contributed by atoms with van der Waals surface area (Å²) >= 11 is 0. The molecule has 0 heterocycles. The van der Waals surface area contributed by atoms with Crippen molar-refractivity contribution in [1.82, 2.24) is 5.32 Å². The van der Waals surface area contributed by atoms with Gasteiger partial charge in [0.15, 0.2) is 0 Å². The summed E-state index contributed by atoms with van der Waals surface area (Å²) in [7, 11) is -3.70. The highest BCUT2D eigenvalue weighted by atomic mass is 32.2. The van der Waals surface area contributed by atoms with Crippen molar-refractivity contribution < 1.29 is 13.2 Å². The maximum absolute atomic E-state index is 12.7. The van der Waals surface area contributed by atoms with Crippen molar-refractivity contribution in [1.29, 1.82) is 0 Å². The number of carbonyl (C=O) groups excluding carboxylic acids is 1. The fourth-order valence-electron chi connectivity index (χ4n) is 3.19. The molecule has 0 aromatic heterocycles. The van der Waals surface area contributed by atoms with Gasteiger partial charge < -0.3 is 5.32 Å². The van der Waals surface area contributed by atoms with E-state index in [0.29, 0.717) is 16.8 Å². The first-order chi connectivity index (χ1) is 14.3. The van der Waals surface area contributed by atoms with Crippen molar-refractivity contribution >= 4 is 21.6 Å². The lowest BCUT2D eigenvalue weighted by atomic mass is 10.0. The molecule has 3 rings (SSSR count). The largest absolute Gasteiger partial charge is 0.345 e. The molecule has 6 heteroatoms. The summed E-state index contributed by atoms with van der Waals surface area (Å²) in [4.78, 5) is 12.9. The number of aryl methyl sites for hydroxylation is 2. The molecule has 0 radical (unpaired) electrons. The Morgan fingerprint density at radius 1 is 0.933 bits per heavy atom. The van der Waals surface area contributed by atoms with Crippen molar-refractivity contribution in [2.45, 2.75) is 38.1 Å². The molecule has 0 aliphatic rings. The third-order valence-corrected chi connectivity index (χ3v) is 6.36. The van der Waals surface area contributed by atoms with E-state index in [1.165, 1.54) is 0 Å². The molecule has 30 heavy (non-hydrogen) atoms. The lowest BCUT2D eigenvalue weighted by molar-refractivity contribution is 0.0935. The topological polar surface area (TPSA) is 75.3 Å². The number of hydrogen-bond acceptors (Lipinski definition) is 3. The maximum atomic E-state index is 12.7. The van der Waals surface area contributed by atoms with Gasteiger partial charge in [-0.25, -0.2) is 8.42 Å². The van der Waals surface area contributed by atoms with Crippen LogP contribution in [0.15, 0.2) is 77.7 Å². The highest BCUT2D eigenvalue weighted by Crippen LogP contribution is 2.22. The third kappa shape index (κ3) is 5.07. The van der Waals surface area contributed by atoms with E-state index in [4.69, 9.17) is 0 Å². The molecular formula is C24H26N2O3S. The van der Waals surface area contributed by atoms with Crippen LogP contribution in [0.3, 0.4) is 0 Å². The molecular weight excluding hydrogens is 396 g/mol. The van der Waals surface area contributed by atoms with Gasteiger partial charge in [0.1, 0.15) is 0 Å². The Balaban J connectivity index is 1.76. The Kier molecular flexibility index (Phi) is 6.57. The number of amides is 1. The van der Waals surface area contributed by atoms with E-state index in [1.54, 1.807) is 49.4 Å². The monoisotopic (exact) mass is 422 g/mol. The molecule has 1 amide bonds. The van der Waals surface area contributed by atoms with Gasteiger partial charge in [0.25, 0.3) is 15.9 Å². The van der Waals surface area contributed by atoms with Crippen LogP contribution in [-0.2, 0) is 10.0 Å². The van der Waals surface area contributed by atoms with E-state index >= 15 is 0 Å². The Morgan fingerprint density at radius 2 is 1.60 bits per heavy atom. The zero-order valence-electron chi connectivity index (χ0n) is 17.3. The van der Waals surface area contributed by atoms with Crippen molar-refractivity contribution in [3.05, 3.63) is 95.1 Å². The van der Waals surface area contributed by atoms with E-state index in [0.717, 1.165) is 17.5 Å². The van der Waals surface area contributed by atoms with Crippen molar-refractivity contribution in [2.75, 3.05) is 4.72 Å².